The first-order valence-corrected chi connectivity index (χ1v) is 5.21. The molecule has 16 heavy (non-hydrogen) atoms. The predicted molar refractivity (Wildman–Crippen MR) is 67.7 cm³/mol. The van der Waals surface area contributed by atoms with Crippen LogP contribution < -0.4 is 5.32 Å². The Bertz CT molecular complexity index is 407. The van der Waals surface area contributed by atoms with Crippen LogP contribution in [0, 0.1) is 6.92 Å². The number of hydrogen-bond acceptors (Lipinski definition) is 2. The minimum atomic E-state index is -0.906. The molecule has 4 nitrogen and oxygen atoms in total. The zero-order valence-corrected chi connectivity index (χ0v) is 10.0. The lowest BCUT2D eigenvalue weighted by molar-refractivity contribution is -0.137. The van der Waals surface area contributed by atoms with Gasteiger partial charge in [-0.15, -0.1) is 0 Å². The highest BCUT2D eigenvalue weighted by molar-refractivity contribution is 7.80. The maximum Gasteiger partial charge on any atom is 0.323 e. The number of carbonyl (C=O) groups is 1. The van der Waals surface area contributed by atoms with Crippen molar-refractivity contribution in [2.45, 2.75) is 6.92 Å². The lowest BCUT2D eigenvalue weighted by Gasteiger charge is -2.19. The number of carboxylic acid groups (broad SMARTS) is 1. The van der Waals surface area contributed by atoms with E-state index in [1.165, 1.54) is 4.90 Å². The van der Waals surface area contributed by atoms with Gasteiger partial charge in [-0.1, -0.05) is 18.2 Å². The number of hydrogen-bond donors (Lipinski definition) is 2. The molecular formula is C11H14N2O2S. The Labute approximate surface area is 99.9 Å². The molecule has 1 aromatic carbocycles. The van der Waals surface area contributed by atoms with Gasteiger partial charge in [-0.25, -0.2) is 0 Å². The average Bonchev–Trinajstić information content (AvgIpc) is 2.20. The lowest BCUT2D eigenvalue weighted by atomic mass is 10.2. The first kappa shape index (κ1) is 12.4. The molecule has 0 heterocycles. The summed E-state index contributed by atoms with van der Waals surface area (Å²) in [5.74, 6) is -0.906. The number of aliphatic carboxylic acids is 1. The Kier molecular flexibility index (Phi) is 4.25. The Morgan fingerprint density at radius 3 is 2.69 bits per heavy atom. The molecule has 2 N–H and O–H groups in total. The van der Waals surface area contributed by atoms with Crippen molar-refractivity contribution < 1.29 is 9.90 Å². The van der Waals surface area contributed by atoms with Crippen LogP contribution in [0.25, 0.3) is 0 Å². The number of carboxylic acids is 1. The van der Waals surface area contributed by atoms with Gasteiger partial charge in [0.2, 0.25) is 0 Å². The molecule has 0 aliphatic heterocycles. The van der Waals surface area contributed by atoms with E-state index in [-0.39, 0.29) is 6.54 Å². The SMILES string of the molecule is Cc1ccccc1NC(=S)N(C)CC(=O)O. The number of likely N-dealkylation sites (N-methyl/N-ethyl adjacent to an activating group) is 1. The molecule has 0 radical (unpaired) electrons. The molecule has 0 amide bonds. The first-order valence-electron chi connectivity index (χ1n) is 4.80. The van der Waals surface area contributed by atoms with Crippen LogP contribution in [0.5, 0.6) is 0 Å². The highest BCUT2D eigenvalue weighted by Crippen LogP contribution is 2.13. The fraction of sp³-hybridized carbons (Fsp3) is 0.273. The van der Waals surface area contributed by atoms with E-state index in [1.807, 2.05) is 31.2 Å². The summed E-state index contributed by atoms with van der Waals surface area (Å²) in [6.07, 6.45) is 0. The van der Waals surface area contributed by atoms with Gasteiger partial charge < -0.3 is 15.3 Å². The maximum absolute atomic E-state index is 10.5. The van der Waals surface area contributed by atoms with Gasteiger partial charge in [-0.2, -0.15) is 0 Å². The van der Waals surface area contributed by atoms with E-state index < -0.39 is 5.97 Å². The molecule has 1 rings (SSSR count). The Balaban J connectivity index is 2.64. The molecule has 5 heteroatoms. The minimum Gasteiger partial charge on any atom is -0.480 e. The number of rotatable bonds is 3. The summed E-state index contributed by atoms with van der Waals surface area (Å²) in [5, 5.41) is 12.0. The van der Waals surface area contributed by atoms with Crippen molar-refractivity contribution in [3.8, 4) is 0 Å². The summed E-state index contributed by atoms with van der Waals surface area (Å²) in [7, 11) is 1.64. The summed E-state index contributed by atoms with van der Waals surface area (Å²) < 4.78 is 0. The molecule has 0 aliphatic carbocycles. The molecule has 0 spiro atoms. The quantitative estimate of drug-likeness (QED) is 0.785. The highest BCUT2D eigenvalue weighted by atomic mass is 32.1. The molecule has 0 aliphatic rings. The van der Waals surface area contributed by atoms with E-state index >= 15 is 0 Å². The van der Waals surface area contributed by atoms with Crippen LogP contribution in [0.3, 0.4) is 0 Å². The van der Waals surface area contributed by atoms with E-state index in [4.69, 9.17) is 17.3 Å². The van der Waals surface area contributed by atoms with Crippen molar-refractivity contribution in [1.29, 1.82) is 0 Å². The highest BCUT2D eigenvalue weighted by Gasteiger charge is 2.08. The Hall–Kier alpha value is -1.62. The van der Waals surface area contributed by atoms with Gasteiger partial charge in [0.05, 0.1) is 0 Å². The third-order valence-corrected chi connectivity index (χ3v) is 2.52. The number of thiocarbonyl (C=S) groups is 1. The predicted octanol–water partition coefficient (Wildman–Crippen LogP) is 1.71. The van der Waals surface area contributed by atoms with Crippen LogP contribution in [0.4, 0.5) is 5.69 Å². The van der Waals surface area contributed by atoms with Gasteiger partial charge in [0, 0.05) is 12.7 Å². The fourth-order valence-electron chi connectivity index (χ4n) is 1.20. The second-order valence-electron chi connectivity index (χ2n) is 3.49. The third kappa shape index (κ3) is 3.51. The van der Waals surface area contributed by atoms with E-state index in [0.717, 1.165) is 11.3 Å². The summed E-state index contributed by atoms with van der Waals surface area (Å²) in [5.41, 5.74) is 1.96. The van der Waals surface area contributed by atoms with Crippen molar-refractivity contribution in [3.63, 3.8) is 0 Å². The fourth-order valence-corrected chi connectivity index (χ4v) is 1.37. The third-order valence-electron chi connectivity index (χ3n) is 2.11. The van der Waals surface area contributed by atoms with Crippen molar-refractivity contribution in [3.05, 3.63) is 29.8 Å². The number of aryl methyl sites for hydroxylation is 1. The van der Waals surface area contributed by atoms with Crippen LogP contribution in [0.2, 0.25) is 0 Å². The average molecular weight is 238 g/mol. The second kappa shape index (κ2) is 5.46. The molecular weight excluding hydrogens is 224 g/mol. The van der Waals surface area contributed by atoms with Crippen molar-refractivity contribution in [2.75, 3.05) is 18.9 Å². The Morgan fingerprint density at radius 1 is 1.50 bits per heavy atom. The van der Waals surface area contributed by atoms with Gasteiger partial charge in [0.15, 0.2) is 5.11 Å². The van der Waals surface area contributed by atoms with Gasteiger partial charge in [-0.05, 0) is 30.8 Å². The van der Waals surface area contributed by atoms with Crippen molar-refractivity contribution in [2.24, 2.45) is 0 Å². The summed E-state index contributed by atoms with van der Waals surface area (Å²) in [6.45, 7) is 1.85. The van der Waals surface area contributed by atoms with E-state index in [2.05, 4.69) is 5.32 Å². The molecule has 0 saturated heterocycles. The normalized spacial score (nSPS) is 9.62. The smallest absolute Gasteiger partial charge is 0.323 e. The molecule has 0 unspecified atom stereocenters. The summed E-state index contributed by atoms with van der Waals surface area (Å²) in [6, 6.07) is 7.69. The van der Waals surface area contributed by atoms with Crippen molar-refractivity contribution in [1.82, 2.24) is 4.90 Å². The topological polar surface area (TPSA) is 52.6 Å². The second-order valence-corrected chi connectivity index (χ2v) is 3.88. The largest absolute Gasteiger partial charge is 0.480 e. The number of nitrogens with zero attached hydrogens (tertiary/aromatic N) is 1. The van der Waals surface area contributed by atoms with Gasteiger partial charge in [0.25, 0.3) is 0 Å². The molecule has 0 saturated carbocycles. The minimum absolute atomic E-state index is 0.113. The van der Waals surface area contributed by atoms with Gasteiger partial charge >= 0.3 is 5.97 Å². The van der Waals surface area contributed by atoms with Crippen LogP contribution in [-0.4, -0.2) is 34.7 Å². The summed E-state index contributed by atoms with van der Waals surface area (Å²) >= 11 is 5.09. The van der Waals surface area contributed by atoms with Crippen LogP contribution >= 0.6 is 12.2 Å². The zero-order chi connectivity index (χ0) is 12.1. The Morgan fingerprint density at radius 2 is 2.12 bits per heavy atom. The van der Waals surface area contributed by atoms with Crippen LogP contribution in [-0.2, 0) is 4.79 Å². The van der Waals surface area contributed by atoms with Gasteiger partial charge in [0.1, 0.15) is 6.54 Å². The molecule has 1 aromatic rings. The molecule has 0 atom stereocenters. The molecule has 86 valence electrons. The monoisotopic (exact) mass is 238 g/mol. The van der Waals surface area contributed by atoms with E-state index in [9.17, 15) is 4.79 Å². The van der Waals surface area contributed by atoms with Gasteiger partial charge in [-0.3, -0.25) is 4.79 Å². The molecule has 0 aromatic heterocycles. The number of benzene rings is 1. The lowest BCUT2D eigenvalue weighted by Crippen LogP contribution is -2.35. The van der Waals surface area contributed by atoms with E-state index in [0.29, 0.717) is 5.11 Å². The van der Waals surface area contributed by atoms with Crippen LogP contribution in [0.15, 0.2) is 24.3 Å². The number of anilines is 1. The zero-order valence-electron chi connectivity index (χ0n) is 9.23. The summed E-state index contributed by atoms with van der Waals surface area (Å²) in [4.78, 5) is 12.0. The maximum atomic E-state index is 10.5. The molecule has 0 bridgehead atoms. The van der Waals surface area contributed by atoms with E-state index in [1.54, 1.807) is 7.05 Å². The van der Waals surface area contributed by atoms with Crippen molar-refractivity contribution >= 4 is 29.0 Å². The standard InChI is InChI=1S/C11H14N2O2S/c1-8-5-3-4-6-9(8)12-11(16)13(2)7-10(14)15/h3-6H,7H2,1-2H3,(H,12,16)(H,14,15). The van der Waals surface area contributed by atoms with Crippen LogP contribution in [0.1, 0.15) is 5.56 Å². The number of nitrogens with one attached hydrogen (secondary N) is 1. The molecule has 0 fully saturated rings. The first-order chi connectivity index (χ1) is 7.50. The number of para-hydroxylation sites is 1.